The Bertz CT molecular complexity index is 366. The van der Waals surface area contributed by atoms with Crippen LogP contribution in [0.5, 0.6) is 0 Å². The molecule has 1 aromatic rings. The van der Waals surface area contributed by atoms with E-state index in [2.05, 4.69) is 10.6 Å². The van der Waals surface area contributed by atoms with Crippen LogP contribution in [0, 0.1) is 0 Å². The van der Waals surface area contributed by atoms with E-state index in [0.29, 0.717) is 17.1 Å². The fraction of sp³-hybridized carbons (Fsp3) is 0.545. The molecule has 0 saturated carbocycles. The lowest BCUT2D eigenvalue weighted by Gasteiger charge is -2.02. The van der Waals surface area contributed by atoms with E-state index in [0.717, 1.165) is 24.6 Å². The molecule has 0 aliphatic heterocycles. The topological polar surface area (TPSA) is 76.4 Å². The van der Waals surface area contributed by atoms with Crippen molar-refractivity contribution in [2.75, 3.05) is 37.9 Å². The summed E-state index contributed by atoms with van der Waals surface area (Å²) >= 11 is 1.38. The van der Waals surface area contributed by atoms with E-state index in [4.69, 9.17) is 10.5 Å². The molecule has 6 heteroatoms. The number of carbonyl (C=O) groups is 1. The Morgan fingerprint density at radius 3 is 3.00 bits per heavy atom. The van der Waals surface area contributed by atoms with Gasteiger partial charge in [0.2, 0.25) is 0 Å². The van der Waals surface area contributed by atoms with E-state index >= 15 is 0 Å². The Labute approximate surface area is 105 Å². The molecule has 1 amide bonds. The maximum absolute atomic E-state index is 11.6. The van der Waals surface area contributed by atoms with Crippen LogP contribution >= 0.6 is 11.3 Å². The lowest BCUT2D eigenvalue weighted by Crippen LogP contribution is -2.22. The Hall–Kier alpha value is -1.27. The standard InChI is InChI=1S/C11H19N3O2S/c1-3-13-11(15)10-8(12)7-9(17-10)14-5-4-6-16-2/h7,14H,3-6,12H2,1-2H3,(H,13,15). The number of ether oxygens (including phenoxy) is 1. The summed E-state index contributed by atoms with van der Waals surface area (Å²) in [6.07, 6.45) is 0.921. The minimum Gasteiger partial charge on any atom is -0.397 e. The van der Waals surface area contributed by atoms with Crippen LogP contribution in [0.4, 0.5) is 10.7 Å². The molecule has 0 atom stereocenters. The van der Waals surface area contributed by atoms with Crippen molar-refractivity contribution in [3.05, 3.63) is 10.9 Å². The van der Waals surface area contributed by atoms with Crippen LogP contribution in [0.15, 0.2) is 6.07 Å². The maximum Gasteiger partial charge on any atom is 0.263 e. The second-order valence-corrected chi connectivity index (χ2v) is 4.58. The van der Waals surface area contributed by atoms with Gasteiger partial charge in [-0.2, -0.15) is 0 Å². The molecule has 17 heavy (non-hydrogen) atoms. The first-order chi connectivity index (χ1) is 8.19. The fourth-order valence-corrected chi connectivity index (χ4v) is 2.26. The molecule has 0 spiro atoms. The number of hydrogen-bond donors (Lipinski definition) is 3. The zero-order valence-electron chi connectivity index (χ0n) is 10.2. The summed E-state index contributed by atoms with van der Waals surface area (Å²) in [6, 6.07) is 1.79. The van der Waals surface area contributed by atoms with Gasteiger partial charge in [-0.1, -0.05) is 0 Å². The summed E-state index contributed by atoms with van der Waals surface area (Å²) in [5.74, 6) is -0.111. The monoisotopic (exact) mass is 257 g/mol. The van der Waals surface area contributed by atoms with Crippen LogP contribution in [0.25, 0.3) is 0 Å². The van der Waals surface area contributed by atoms with Gasteiger partial charge in [0.05, 0.1) is 10.7 Å². The zero-order chi connectivity index (χ0) is 12.7. The van der Waals surface area contributed by atoms with Crippen molar-refractivity contribution in [2.24, 2.45) is 0 Å². The van der Waals surface area contributed by atoms with E-state index < -0.39 is 0 Å². The highest BCUT2D eigenvalue weighted by atomic mass is 32.1. The summed E-state index contributed by atoms with van der Waals surface area (Å²) in [7, 11) is 1.68. The SMILES string of the molecule is CCNC(=O)c1sc(NCCCOC)cc1N. The highest BCUT2D eigenvalue weighted by Crippen LogP contribution is 2.28. The van der Waals surface area contributed by atoms with Crippen molar-refractivity contribution in [2.45, 2.75) is 13.3 Å². The predicted molar refractivity (Wildman–Crippen MR) is 71.7 cm³/mol. The van der Waals surface area contributed by atoms with Crippen LogP contribution in [0.1, 0.15) is 23.0 Å². The number of thiophene rings is 1. The van der Waals surface area contributed by atoms with Crippen LogP contribution in [-0.4, -0.2) is 32.7 Å². The van der Waals surface area contributed by atoms with E-state index in [9.17, 15) is 4.79 Å². The first-order valence-electron chi connectivity index (χ1n) is 5.59. The Kier molecular flexibility index (Phi) is 5.79. The largest absolute Gasteiger partial charge is 0.397 e. The smallest absolute Gasteiger partial charge is 0.263 e. The second kappa shape index (κ2) is 7.13. The number of hydrogen-bond acceptors (Lipinski definition) is 5. The number of amides is 1. The van der Waals surface area contributed by atoms with Crippen LogP contribution in [0.3, 0.4) is 0 Å². The minimum absolute atomic E-state index is 0.111. The molecule has 0 aliphatic rings. The average Bonchev–Trinajstić information content (AvgIpc) is 2.66. The molecular formula is C11H19N3O2S. The number of nitrogens with two attached hydrogens (primary N) is 1. The van der Waals surface area contributed by atoms with Crippen molar-refractivity contribution in [3.8, 4) is 0 Å². The van der Waals surface area contributed by atoms with Crippen LogP contribution < -0.4 is 16.4 Å². The van der Waals surface area contributed by atoms with Gasteiger partial charge < -0.3 is 21.1 Å². The number of anilines is 2. The highest BCUT2D eigenvalue weighted by molar-refractivity contribution is 7.18. The molecule has 96 valence electrons. The van der Waals surface area contributed by atoms with Gasteiger partial charge in [0.15, 0.2) is 0 Å². The predicted octanol–water partition coefficient (Wildman–Crippen LogP) is 1.53. The average molecular weight is 257 g/mol. The van der Waals surface area contributed by atoms with Crippen LogP contribution in [0.2, 0.25) is 0 Å². The molecule has 0 bridgehead atoms. The molecule has 1 aromatic heterocycles. The van der Waals surface area contributed by atoms with Crippen molar-refractivity contribution in [1.82, 2.24) is 5.32 Å². The first kappa shape index (κ1) is 13.8. The van der Waals surface area contributed by atoms with Crippen molar-refractivity contribution in [3.63, 3.8) is 0 Å². The summed E-state index contributed by atoms with van der Waals surface area (Å²) < 4.78 is 4.95. The number of rotatable bonds is 7. The van der Waals surface area contributed by atoms with Crippen molar-refractivity contribution >= 4 is 27.9 Å². The lowest BCUT2D eigenvalue weighted by molar-refractivity contribution is 0.0960. The van der Waals surface area contributed by atoms with Gasteiger partial charge in [0.1, 0.15) is 4.88 Å². The van der Waals surface area contributed by atoms with Crippen LogP contribution in [-0.2, 0) is 4.74 Å². The molecule has 0 saturated heterocycles. The number of nitrogens with one attached hydrogen (secondary N) is 2. The Balaban J connectivity index is 2.52. The molecular weight excluding hydrogens is 238 g/mol. The quantitative estimate of drug-likeness (QED) is 0.647. The number of nitrogen functional groups attached to an aromatic ring is 1. The summed E-state index contributed by atoms with van der Waals surface area (Å²) in [5, 5.41) is 6.87. The van der Waals surface area contributed by atoms with Gasteiger partial charge in [0.25, 0.3) is 5.91 Å². The normalized spacial score (nSPS) is 10.2. The van der Waals surface area contributed by atoms with E-state index in [1.165, 1.54) is 11.3 Å². The zero-order valence-corrected chi connectivity index (χ0v) is 11.0. The van der Waals surface area contributed by atoms with E-state index in [-0.39, 0.29) is 5.91 Å². The summed E-state index contributed by atoms with van der Waals surface area (Å²) in [6.45, 7) is 4.01. The molecule has 4 N–H and O–H groups in total. The van der Waals surface area contributed by atoms with Gasteiger partial charge in [-0.25, -0.2) is 0 Å². The molecule has 0 radical (unpaired) electrons. The third-order valence-corrected chi connectivity index (χ3v) is 3.24. The summed E-state index contributed by atoms with van der Waals surface area (Å²) in [5.41, 5.74) is 6.31. The third-order valence-electron chi connectivity index (χ3n) is 2.13. The summed E-state index contributed by atoms with van der Waals surface area (Å²) in [4.78, 5) is 12.2. The molecule has 0 fully saturated rings. The van der Waals surface area contributed by atoms with E-state index in [1.54, 1.807) is 13.2 Å². The molecule has 5 nitrogen and oxygen atoms in total. The van der Waals surface area contributed by atoms with Crippen molar-refractivity contribution in [1.29, 1.82) is 0 Å². The minimum atomic E-state index is -0.111. The van der Waals surface area contributed by atoms with Gasteiger partial charge >= 0.3 is 0 Å². The lowest BCUT2D eigenvalue weighted by atomic mass is 10.3. The first-order valence-corrected chi connectivity index (χ1v) is 6.41. The van der Waals surface area contributed by atoms with Gasteiger partial charge in [-0.3, -0.25) is 4.79 Å². The molecule has 1 heterocycles. The van der Waals surface area contributed by atoms with Gasteiger partial charge in [-0.05, 0) is 19.4 Å². The molecule has 1 rings (SSSR count). The molecule has 0 aromatic carbocycles. The highest BCUT2D eigenvalue weighted by Gasteiger charge is 2.13. The Morgan fingerprint density at radius 2 is 2.35 bits per heavy atom. The fourth-order valence-electron chi connectivity index (χ4n) is 1.34. The van der Waals surface area contributed by atoms with Gasteiger partial charge in [-0.15, -0.1) is 11.3 Å². The van der Waals surface area contributed by atoms with E-state index in [1.807, 2.05) is 6.92 Å². The molecule has 0 aliphatic carbocycles. The maximum atomic E-state index is 11.6. The van der Waals surface area contributed by atoms with Gasteiger partial charge in [0, 0.05) is 26.8 Å². The Morgan fingerprint density at radius 1 is 1.59 bits per heavy atom. The number of carbonyl (C=O) groups excluding carboxylic acids is 1. The second-order valence-electron chi connectivity index (χ2n) is 3.53. The molecule has 0 unspecified atom stereocenters. The van der Waals surface area contributed by atoms with Crippen molar-refractivity contribution < 1.29 is 9.53 Å². The number of methoxy groups -OCH3 is 1. The third kappa shape index (κ3) is 4.24.